The maximum atomic E-state index is 10.3. The number of nitrogens with zero attached hydrogens (tertiary/aromatic N) is 3. The van der Waals surface area contributed by atoms with Crippen LogP contribution in [0.15, 0.2) is 140 Å². The zero-order valence-electron chi connectivity index (χ0n) is 21.6. The molecular weight excluding hydrogens is 673 g/mol. The van der Waals surface area contributed by atoms with Crippen LogP contribution in [0.4, 0.5) is 17.2 Å². The van der Waals surface area contributed by atoms with Crippen molar-refractivity contribution in [1.82, 2.24) is 9.97 Å². The minimum Gasteiger partial charge on any atom is -0.507 e. The molecule has 0 saturated carbocycles. The number of phenolic OH excluding ortho intramolecular Hbond substituents is 1. The van der Waals surface area contributed by atoms with E-state index in [1.54, 1.807) is 12.1 Å². The van der Waals surface area contributed by atoms with Crippen LogP contribution in [0.5, 0.6) is 5.75 Å². The second-order valence-corrected chi connectivity index (χ2v) is 9.23. The molecule has 0 fully saturated rings. The van der Waals surface area contributed by atoms with Gasteiger partial charge in [0.2, 0.25) is 0 Å². The van der Waals surface area contributed by atoms with Gasteiger partial charge in [0.15, 0.2) is 0 Å². The van der Waals surface area contributed by atoms with E-state index < -0.39 is 0 Å². The molecule has 0 aliphatic carbocycles. The molecule has 4 nitrogen and oxygen atoms in total. The van der Waals surface area contributed by atoms with Crippen molar-refractivity contribution in [2.24, 2.45) is 0 Å². The standard InChI is InChI=1S/C35H26N3O.Pt/c39-34-20-8-7-17-31(34)33-19-10-18-32(37-33)28-13-9-16-30(24-28)38(29-14-5-2-6-15-29)35-22-21-27(25-36-35)23-26-11-3-1-4-12-26;/h1-22,25,39H,23H2;/q-1;. The predicted octanol–water partition coefficient (Wildman–Crippen LogP) is 8.37. The van der Waals surface area contributed by atoms with Gasteiger partial charge in [-0.05, 0) is 65.3 Å². The number of phenols is 1. The van der Waals surface area contributed by atoms with Crippen LogP contribution in [0.1, 0.15) is 11.1 Å². The van der Waals surface area contributed by atoms with Crippen molar-refractivity contribution in [1.29, 1.82) is 0 Å². The topological polar surface area (TPSA) is 49.2 Å². The average Bonchev–Trinajstić information content (AvgIpc) is 3.00. The Hall–Kier alpha value is -4.53. The summed E-state index contributed by atoms with van der Waals surface area (Å²) >= 11 is 0. The first-order chi connectivity index (χ1) is 19.2. The van der Waals surface area contributed by atoms with E-state index in [1.807, 2.05) is 79.0 Å². The molecule has 0 radical (unpaired) electrons. The predicted molar refractivity (Wildman–Crippen MR) is 157 cm³/mol. The number of benzene rings is 4. The van der Waals surface area contributed by atoms with Crippen LogP contribution in [0.25, 0.3) is 22.5 Å². The molecule has 0 unspecified atom stereocenters. The summed E-state index contributed by atoms with van der Waals surface area (Å²) in [5.74, 6) is 1.01. The first-order valence-corrected chi connectivity index (χ1v) is 12.9. The molecular formula is C35H26N3OPt-. The van der Waals surface area contributed by atoms with E-state index in [-0.39, 0.29) is 26.8 Å². The Morgan fingerprint density at radius 2 is 1.32 bits per heavy atom. The number of anilines is 3. The summed E-state index contributed by atoms with van der Waals surface area (Å²) in [5.41, 5.74) is 7.29. The Bertz CT molecular complexity index is 1690. The van der Waals surface area contributed by atoms with Gasteiger partial charge in [-0.25, -0.2) is 4.98 Å². The third-order valence-corrected chi connectivity index (χ3v) is 6.53. The van der Waals surface area contributed by atoms with Crippen molar-refractivity contribution in [3.8, 4) is 28.3 Å². The molecule has 0 aliphatic rings. The largest absolute Gasteiger partial charge is 0.507 e. The van der Waals surface area contributed by atoms with E-state index >= 15 is 0 Å². The number of rotatable bonds is 7. The van der Waals surface area contributed by atoms with Crippen LogP contribution in [0.2, 0.25) is 0 Å². The maximum absolute atomic E-state index is 10.3. The van der Waals surface area contributed by atoms with Gasteiger partial charge in [0.1, 0.15) is 11.6 Å². The Labute approximate surface area is 248 Å². The second-order valence-electron chi connectivity index (χ2n) is 9.23. The van der Waals surface area contributed by atoms with Gasteiger partial charge in [0.05, 0.1) is 5.69 Å². The fraction of sp³-hybridized carbons (Fsp3) is 0.0286. The quantitative estimate of drug-likeness (QED) is 0.170. The summed E-state index contributed by atoms with van der Waals surface area (Å²) in [6.45, 7) is 0. The Morgan fingerprint density at radius 3 is 2.08 bits per heavy atom. The third-order valence-electron chi connectivity index (χ3n) is 6.53. The number of aromatic nitrogens is 2. The molecule has 0 saturated heterocycles. The minimum absolute atomic E-state index is 0. The SMILES string of the molecule is Oc1ccccc1-c1cccc(-c2[c-]c(N(c3ccccc3)c3ccc(Cc4ccccc4)cn3)ccc2)n1.[Pt]. The van der Waals surface area contributed by atoms with Crippen LogP contribution in [-0.4, -0.2) is 15.1 Å². The van der Waals surface area contributed by atoms with Gasteiger partial charge in [-0.3, -0.25) is 4.98 Å². The fourth-order valence-electron chi connectivity index (χ4n) is 4.62. The summed E-state index contributed by atoms with van der Waals surface area (Å²) in [6, 6.07) is 47.4. The van der Waals surface area contributed by atoms with Crippen LogP contribution < -0.4 is 4.90 Å². The molecule has 4 aromatic carbocycles. The van der Waals surface area contributed by atoms with Crippen molar-refractivity contribution in [3.05, 3.63) is 157 Å². The Kier molecular flexibility index (Phi) is 8.49. The van der Waals surface area contributed by atoms with Crippen molar-refractivity contribution in [2.45, 2.75) is 6.42 Å². The zero-order valence-corrected chi connectivity index (χ0v) is 23.9. The minimum atomic E-state index is 0. The molecule has 2 heterocycles. The average molecular weight is 700 g/mol. The van der Waals surface area contributed by atoms with Crippen LogP contribution >= 0.6 is 0 Å². The molecule has 0 atom stereocenters. The molecule has 0 amide bonds. The molecule has 2 aromatic heterocycles. The van der Waals surface area contributed by atoms with E-state index in [1.165, 1.54) is 5.56 Å². The van der Waals surface area contributed by atoms with Crippen molar-refractivity contribution in [2.75, 3.05) is 4.90 Å². The van der Waals surface area contributed by atoms with Crippen molar-refractivity contribution >= 4 is 17.2 Å². The molecule has 40 heavy (non-hydrogen) atoms. The van der Waals surface area contributed by atoms with Gasteiger partial charge in [0, 0.05) is 38.5 Å². The molecule has 0 spiro atoms. The van der Waals surface area contributed by atoms with Gasteiger partial charge in [0.25, 0.3) is 0 Å². The first-order valence-electron chi connectivity index (χ1n) is 12.9. The van der Waals surface area contributed by atoms with Gasteiger partial charge < -0.3 is 10.0 Å². The van der Waals surface area contributed by atoms with Crippen molar-refractivity contribution < 1.29 is 26.2 Å². The summed E-state index contributed by atoms with van der Waals surface area (Å²) in [4.78, 5) is 11.8. The van der Waals surface area contributed by atoms with E-state index in [0.29, 0.717) is 11.3 Å². The molecule has 0 bridgehead atoms. The molecule has 5 heteroatoms. The van der Waals surface area contributed by atoms with Gasteiger partial charge >= 0.3 is 0 Å². The number of hydrogen-bond donors (Lipinski definition) is 1. The second kappa shape index (κ2) is 12.5. The molecule has 1 N–H and O–H groups in total. The Balaban J connectivity index is 0.00000323. The summed E-state index contributed by atoms with van der Waals surface area (Å²) in [5, 5.41) is 10.3. The van der Waals surface area contributed by atoms with E-state index in [0.717, 1.165) is 40.4 Å². The summed E-state index contributed by atoms with van der Waals surface area (Å²) in [7, 11) is 0. The van der Waals surface area contributed by atoms with Crippen LogP contribution in [0, 0.1) is 6.07 Å². The van der Waals surface area contributed by atoms with Crippen LogP contribution in [0.3, 0.4) is 0 Å². The molecule has 6 aromatic rings. The number of para-hydroxylation sites is 2. The van der Waals surface area contributed by atoms with Crippen LogP contribution in [-0.2, 0) is 27.5 Å². The summed E-state index contributed by atoms with van der Waals surface area (Å²) < 4.78 is 0. The van der Waals surface area contributed by atoms with Gasteiger partial charge in [-0.15, -0.1) is 29.8 Å². The zero-order chi connectivity index (χ0) is 26.4. The Morgan fingerprint density at radius 1 is 0.625 bits per heavy atom. The number of hydrogen-bond acceptors (Lipinski definition) is 4. The third kappa shape index (κ3) is 6.03. The monoisotopic (exact) mass is 699 g/mol. The van der Waals surface area contributed by atoms with E-state index in [4.69, 9.17) is 9.97 Å². The van der Waals surface area contributed by atoms with Gasteiger partial charge in [-0.2, -0.15) is 0 Å². The van der Waals surface area contributed by atoms with E-state index in [9.17, 15) is 5.11 Å². The number of aromatic hydroxyl groups is 1. The van der Waals surface area contributed by atoms with E-state index in [2.05, 4.69) is 59.5 Å². The maximum Gasteiger partial charge on any atom is 0.136 e. The molecule has 0 aliphatic heterocycles. The smallest absolute Gasteiger partial charge is 0.136 e. The van der Waals surface area contributed by atoms with Crippen molar-refractivity contribution in [3.63, 3.8) is 0 Å². The first kappa shape index (κ1) is 27.1. The van der Waals surface area contributed by atoms with Gasteiger partial charge in [-0.1, -0.05) is 78.9 Å². The normalized spacial score (nSPS) is 10.5. The molecule has 198 valence electrons. The molecule has 6 rings (SSSR count). The summed E-state index contributed by atoms with van der Waals surface area (Å²) in [6.07, 6.45) is 2.78. The number of pyridine rings is 2. The fourth-order valence-corrected chi connectivity index (χ4v) is 4.62.